The van der Waals surface area contributed by atoms with Gasteiger partial charge in [0.15, 0.2) is 0 Å². The van der Waals surface area contributed by atoms with Crippen LogP contribution in [0.3, 0.4) is 0 Å². The van der Waals surface area contributed by atoms with Gasteiger partial charge in [-0.2, -0.15) is 0 Å². The van der Waals surface area contributed by atoms with E-state index < -0.39 is 41.1 Å². The molecule has 0 aromatic heterocycles. The fraction of sp³-hybridized carbons (Fsp3) is 0.708. The molecule has 0 radical (unpaired) electrons. The lowest BCUT2D eigenvalue weighted by Crippen LogP contribution is -2.60. The number of hydrogen-bond acceptors (Lipinski definition) is 7. The summed E-state index contributed by atoms with van der Waals surface area (Å²) < 4.78 is 10.9. The minimum absolute atomic E-state index is 0.0842. The zero-order valence-corrected chi connectivity index (χ0v) is 19.3. The van der Waals surface area contributed by atoms with Crippen molar-refractivity contribution in [2.75, 3.05) is 13.2 Å². The quantitative estimate of drug-likeness (QED) is 0.389. The maximum atomic E-state index is 13.5. The van der Waals surface area contributed by atoms with Crippen LogP contribution in [0.2, 0.25) is 0 Å². The van der Waals surface area contributed by atoms with Gasteiger partial charge in [-0.25, -0.2) is 0 Å². The maximum Gasteiger partial charge on any atom is 0.302 e. The number of ether oxygens (including phenoxy) is 2. The smallest absolute Gasteiger partial charge is 0.302 e. The number of aliphatic hydroxyl groups is 2. The van der Waals surface area contributed by atoms with Crippen LogP contribution in [0.5, 0.6) is 0 Å². The Kier molecular flexibility index (Phi) is 6.24. The van der Waals surface area contributed by atoms with Crippen LogP contribution < -0.4 is 0 Å². The molecule has 0 unspecified atom stereocenters. The molecule has 0 spiro atoms. The first-order valence-electron chi connectivity index (χ1n) is 11.1. The van der Waals surface area contributed by atoms with Gasteiger partial charge in [0.2, 0.25) is 11.6 Å². The summed E-state index contributed by atoms with van der Waals surface area (Å²) in [5.41, 5.74) is -0.611. The van der Waals surface area contributed by atoms with Crippen LogP contribution in [0.25, 0.3) is 0 Å². The van der Waals surface area contributed by atoms with E-state index in [-0.39, 0.29) is 47.0 Å². The molecule has 7 heteroatoms. The molecule has 0 saturated heterocycles. The van der Waals surface area contributed by atoms with Crippen LogP contribution >= 0.6 is 0 Å². The zero-order valence-electron chi connectivity index (χ0n) is 19.3. The molecule has 0 bridgehead atoms. The normalized spacial score (nSPS) is 33.7. The lowest BCUT2D eigenvalue weighted by molar-refractivity contribution is -0.146. The summed E-state index contributed by atoms with van der Waals surface area (Å²) in [5, 5.41) is 22.7. The number of rotatable bonds is 5. The molecule has 0 aromatic carbocycles. The van der Waals surface area contributed by atoms with E-state index in [1.54, 1.807) is 13.8 Å². The molecular formula is C24H34O7. The van der Waals surface area contributed by atoms with Crippen molar-refractivity contribution in [2.45, 2.75) is 73.0 Å². The van der Waals surface area contributed by atoms with Crippen molar-refractivity contribution < 1.29 is 34.1 Å². The van der Waals surface area contributed by atoms with Gasteiger partial charge < -0.3 is 19.7 Å². The van der Waals surface area contributed by atoms with E-state index in [2.05, 4.69) is 13.8 Å². The number of carbonyl (C=O) groups is 3. The van der Waals surface area contributed by atoms with Gasteiger partial charge in [-0.3, -0.25) is 14.4 Å². The number of fused-ring (bicyclic) bond motifs is 2. The highest BCUT2D eigenvalue weighted by Crippen LogP contribution is 2.61. The molecule has 3 rings (SSSR count). The number of carbonyl (C=O) groups excluding carboxylic acids is 3. The van der Waals surface area contributed by atoms with Gasteiger partial charge in [-0.1, -0.05) is 34.1 Å². The van der Waals surface area contributed by atoms with E-state index in [9.17, 15) is 24.6 Å². The Bertz CT molecular complexity index is 865. The number of Topliss-reactive ketones (excluding diaryl/α,β-unsaturated/α-hetero) is 2. The molecule has 0 aliphatic heterocycles. The summed E-state index contributed by atoms with van der Waals surface area (Å²) in [6, 6.07) is 0. The third-order valence-electron chi connectivity index (χ3n) is 7.39. The van der Waals surface area contributed by atoms with E-state index in [1.165, 1.54) is 6.92 Å². The monoisotopic (exact) mass is 434 g/mol. The van der Waals surface area contributed by atoms with Crippen molar-refractivity contribution in [1.29, 1.82) is 0 Å². The van der Waals surface area contributed by atoms with Crippen molar-refractivity contribution in [3.63, 3.8) is 0 Å². The van der Waals surface area contributed by atoms with E-state index in [0.717, 1.165) is 12.8 Å². The number of hydrogen-bond donors (Lipinski definition) is 2. The molecule has 172 valence electrons. The van der Waals surface area contributed by atoms with Crippen LogP contribution in [0.4, 0.5) is 0 Å². The largest absolute Gasteiger partial charge is 0.507 e. The highest BCUT2D eigenvalue weighted by molar-refractivity contribution is 6.50. The first kappa shape index (κ1) is 23.7. The molecule has 7 nitrogen and oxygen atoms in total. The number of allylic oxidation sites excluding steroid dienone is 1. The summed E-state index contributed by atoms with van der Waals surface area (Å²) in [4.78, 5) is 37.9. The van der Waals surface area contributed by atoms with E-state index in [0.29, 0.717) is 6.42 Å². The predicted molar refractivity (Wildman–Crippen MR) is 113 cm³/mol. The summed E-state index contributed by atoms with van der Waals surface area (Å²) in [5.74, 6) is -3.23. The Morgan fingerprint density at radius 2 is 1.84 bits per heavy atom. The second-order valence-electron chi connectivity index (χ2n) is 10.0. The average molecular weight is 435 g/mol. The third kappa shape index (κ3) is 3.65. The zero-order chi connectivity index (χ0) is 23.3. The Morgan fingerprint density at radius 1 is 1.19 bits per heavy atom. The van der Waals surface area contributed by atoms with E-state index >= 15 is 0 Å². The molecule has 1 saturated carbocycles. The fourth-order valence-corrected chi connectivity index (χ4v) is 6.27. The Labute approximate surface area is 183 Å². The third-order valence-corrected chi connectivity index (χ3v) is 7.39. The molecule has 1 fully saturated rings. The summed E-state index contributed by atoms with van der Waals surface area (Å²) in [7, 11) is 0. The van der Waals surface area contributed by atoms with Gasteiger partial charge in [-0.15, -0.1) is 0 Å². The fourth-order valence-electron chi connectivity index (χ4n) is 6.27. The molecule has 2 N–H and O–H groups in total. The molecule has 5 atom stereocenters. The lowest BCUT2D eigenvalue weighted by atomic mass is 9.47. The van der Waals surface area contributed by atoms with Gasteiger partial charge in [0.25, 0.3) is 0 Å². The summed E-state index contributed by atoms with van der Waals surface area (Å²) >= 11 is 0. The Hall–Kier alpha value is -1.99. The molecule has 31 heavy (non-hydrogen) atoms. The Balaban J connectivity index is 2.24. The molecule has 0 heterocycles. The standard InChI is InChI=1S/C24H34O7/c1-7-30-21-15-16(24(6)10-8-9-23(4,5)22(24)20(21)29)19(28)18(27)14(17(15)26)12(2)11-31-13(3)25/h12,20-22,26,29H,7-11H2,1-6H3/t12-,20-,21+,22+,24-/m1/s1. The van der Waals surface area contributed by atoms with Crippen LogP contribution in [0.15, 0.2) is 22.5 Å². The van der Waals surface area contributed by atoms with E-state index in [4.69, 9.17) is 9.47 Å². The molecule has 0 aromatic rings. The topological polar surface area (TPSA) is 110 Å². The highest BCUT2D eigenvalue weighted by atomic mass is 16.5. The van der Waals surface area contributed by atoms with Crippen molar-refractivity contribution in [1.82, 2.24) is 0 Å². The van der Waals surface area contributed by atoms with Crippen molar-refractivity contribution in [3.05, 3.63) is 22.5 Å². The lowest BCUT2D eigenvalue weighted by Gasteiger charge is -2.58. The SMILES string of the molecule is CCO[C@H]1C2=C(C(=O)C(=O)C([C@H](C)COC(C)=O)=C2O)[C@@]2(C)CCCC(C)(C)[C@@H]2[C@@H]1O. The van der Waals surface area contributed by atoms with Gasteiger partial charge in [0.1, 0.15) is 11.9 Å². The molecule has 3 aliphatic carbocycles. The highest BCUT2D eigenvalue weighted by Gasteiger charge is 2.61. The van der Waals surface area contributed by atoms with Gasteiger partial charge in [0, 0.05) is 41.9 Å². The summed E-state index contributed by atoms with van der Waals surface area (Å²) in [6.45, 7) is 10.9. The summed E-state index contributed by atoms with van der Waals surface area (Å²) in [6.07, 6.45) is 0.529. The van der Waals surface area contributed by atoms with Gasteiger partial charge in [0.05, 0.1) is 18.3 Å². The molecular weight excluding hydrogens is 400 g/mol. The van der Waals surface area contributed by atoms with Crippen LogP contribution in [0.1, 0.15) is 60.8 Å². The first-order chi connectivity index (χ1) is 14.4. The predicted octanol–water partition coefficient (Wildman–Crippen LogP) is 3.06. The Morgan fingerprint density at radius 3 is 2.42 bits per heavy atom. The van der Waals surface area contributed by atoms with E-state index in [1.807, 2.05) is 6.92 Å². The maximum absolute atomic E-state index is 13.5. The molecule has 3 aliphatic rings. The molecule has 0 amide bonds. The van der Waals surface area contributed by atoms with Gasteiger partial charge in [-0.05, 0) is 25.2 Å². The van der Waals surface area contributed by atoms with Crippen LogP contribution in [-0.4, -0.2) is 53.2 Å². The van der Waals surface area contributed by atoms with Crippen molar-refractivity contribution >= 4 is 17.5 Å². The van der Waals surface area contributed by atoms with Crippen LogP contribution in [-0.2, 0) is 23.9 Å². The minimum atomic E-state index is -0.938. The van der Waals surface area contributed by atoms with Crippen molar-refractivity contribution in [3.8, 4) is 0 Å². The second-order valence-corrected chi connectivity index (χ2v) is 10.0. The number of esters is 1. The van der Waals surface area contributed by atoms with Crippen LogP contribution in [0, 0.1) is 22.7 Å². The number of aliphatic hydroxyl groups excluding tert-OH is 2. The minimum Gasteiger partial charge on any atom is -0.507 e. The number of ketones is 2. The second kappa shape index (κ2) is 8.17. The van der Waals surface area contributed by atoms with Crippen molar-refractivity contribution in [2.24, 2.45) is 22.7 Å². The first-order valence-corrected chi connectivity index (χ1v) is 11.1. The van der Waals surface area contributed by atoms with Gasteiger partial charge >= 0.3 is 5.97 Å². The average Bonchev–Trinajstić information content (AvgIpc) is 2.65.